The number of rotatable bonds is 6. The molecule has 158 valence electrons. The molecule has 0 bridgehead atoms. The van der Waals surface area contributed by atoms with Crippen LogP contribution in [0.4, 0.5) is 8.78 Å². The van der Waals surface area contributed by atoms with Crippen molar-refractivity contribution in [3.63, 3.8) is 0 Å². The van der Waals surface area contributed by atoms with E-state index in [9.17, 15) is 13.6 Å². The fourth-order valence-corrected chi connectivity index (χ4v) is 4.25. The van der Waals surface area contributed by atoms with Crippen molar-refractivity contribution in [3.8, 4) is 11.4 Å². The molecule has 4 aromatic rings. The minimum atomic E-state index is -0.856. The number of hydrogen-bond donors (Lipinski definition) is 0. The van der Waals surface area contributed by atoms with Crippen LogP contribution in [-0.2, 0) is 0 Å². The van der Waals surface area contributed by atoms with Crippen molar-refractivity contribution < 1.29 is 13.5 Å². The Morgan fingerprint density at radius 2 is 1.84 bits per heavy atom. The number of hydrogen-bond acceptors (Lipinski definition) is 4. The van der Waals surface area contributed by atoms with Crippen LogP contribution in [0.3, 0.4) is 0 Å². The highest BCUT2D eigenvalue weighted by Crippen LogP contribution is 2.28. The van der Waals surface area contributed by atoms with Crippen LogP contribution in [0.15, 0.2) is 70.6 Å². The monoisotopic (exact) mass is 478 g/mol. The lowest BCUT2D eigenvalue weighted by atomic mass is 10.2. The molecule has 0 fully saturated rings. The molecular formula is C22H14Cl2F2N2O2S. The van der Waals surface area contributed by atoms with Gasteiger partial charge in [0.2, 0.25) is 0 Å². The molecule has 0 N–H and O–H groups in total. The molecule has 3 aromatic carbocycles. The maximum Gasteiger partial charge on any atom is 0.266 e. The van der Waals surface area contributed by atoms with E-state index >= 15 is 0 Å². The van der Waals surface area contributed by atoms with E-state index in [1.165, 1.54) is 17.8 Å². The second-order valence-electron chi connectivity index (χ2n) is 6.42. The smallest absolute Gasteiger partial charge is 0.266 e. The lowest BCUT2D eigenvalue weighted by Gasteiger charge is -2.14. The number of para-hydroxylation sites is 1. The van der Waals surface area contributed by atoms with Crippen LogP contribution in [0.5, 0.6) is 5.75 Å². The van der Waals surface area contributed by atoms with E-state index in [-0.39, 0.29) is 17.5 Å². The Balaban J connectivity index is 1.65. The van der Waals surface area contributed by atoms with Crippen LogP contribution in [0.1, 0.15) is 0 Å². The Morgan fingerprint density at radius 3 is 2.61 bits per heavy atom. The Bertz CT molecular complexity index is 1330. The van der Waals surface area contributed by atoms with Crippen LogP contribution in [0.25, 0.3) is 16.6 Å². The molecule has 0 aliphatic rings. The average Bonchev–Trinajstić information content (AvgIpc) is 2.73. The van der Waals surface area contributed by atoms with Gasteiger partial charge in [-0.2, -0.15) is 0 Å². The molecule has 1 heterocycles. The molecule has 0 saturated heterocycles. The van der Waals surface area contributed by atoms with Gasteiger partial charge in [-0.15, -0.1) is 0 Å². The van der Waals surface area contributed by atoms with E-state index in [0.29, 0.717) is 32.5 Å². The Morgan fingerprint density at radius 1 is 1.03 bits per heavy atom. The van der Waals surface area contributed by atoms with Gasteiger partial charge in [-0.3, -0.25) is 9.36 Å². The van der Waals surface area contributed by atoms with Crippen molar-refractivity contribution in [2.24, 2.45) is 0 Å². The molecule has 0 amide bonds. The standard InChI is InChI=1S/C22H14Cl2F2N2O2S/c23-13-5-8-20(16(24)11-13)30-9-10-31-22-27-18-4-2-1-3-15(18)21(29)28(22)19-7-6-14(25)12-17(19)26/h1-8,11-12H,9-10H2. The Labute approximate surface area is 190 Å². The molecule has 0 aliphatic carbocycles. The summed E-state index contributed by atoms with van der Waals surface area (Å²) >= 11 is 13.2. The van der Waals surface area contributed by atoms with Gasteiger partial charge in [0.05, 0.1) is 28.2 Å². The normalized spacial score (nSPS) is 11.1. The van der Waals surface area contributed by atoms with Crippen LogP contribution < -0.4 is 10.3 Å². The van der Waals surface area contributed by atoms with Crippen molar-refractivity contribution >= 4 is 45.9 Å². The first-order valence-corrected chi connectivity index (χ1v) is 10.9. The highest BCUT2D eigenvalue weighted by molar-refractivity contribution is 7.99. The van der Waals surface area contributed by atoms with Gasteiger partial charge >= 0.3 is 0 Å². The van der Waals surface area contributed by atoms with Crippen molar-refractivity contribution in [3.05, 3.63) is 92.7 Å². The first-order chi connectivity index (χ1) is 14.9. The molecule has 0 unspecified atom stereocenters. The fraction of sp³-hybridized carbons (Fsp3) is 0.0909. The number of thioether (sulfide) groups is 1. The molecular weight excluding hydrogens is 465 g/mol. The largest absolute Gasteiger partial charge is 0.491 e. The van der Waals surface area contributed by atoms with Crippen molar-refractivity contribution in [2.45, 2.75) is 5.16 Å². The summed E-state index contributed by atoms with van der Waals surface area (Å²) in [6.45, 7) is 0.251. The Kier molecular flexibility index (Phi) is 6.46. The van der Waals surface area contributed by atoms with E-state index in [1.54, 1.807) is 42.5 Å². The summed E-state index contributed by atoms with van der Waals surface area (Å²) in [5, 5.41) is 1.48. The Hall–Kier alpha value is -2.61. The molecule has 31 heavy (non-hydrogen) atoms. The number of nitrogens with zero attached hydrogens (tertiary/aromatic N) is 2. The van der Waals surface area contributed by atoms with E-state index in [4.69, 9.17) is 27.9 Å². The summed E-state index contributed by atoms with van der Waals surface area (Å²) < 4.78 is 34.7. The summed E-state index contributed by atoms with van der Waals surface area (Å²) in [6, 6.07) is 14.7. The molecule has 0 saturated carbocycles. The van der Waals surface area contributed by atoms with E-state index in [1.807, 2.05) is 0 Å². The van der Waals surface area contributed by atoms with Crippen molar-refractivity contribution in [1.29, 1.82) is 0 Å². The van der Waals surface area contributed by atoms with Crippen molar-refractivity contribution in [1.82, 2.24) is 9.55 Å². The zero-order valence-corrected chi connectivity index (χ0v) is 18.1. The first-order valence-electron chi connectivity index (χ1n) is 9.12. The molecule has 0 atom stereocenters. The van der Waals surface area contributed by atoms with Crippen LogP contribution in [0, 0.1) is 11.6 Å². The van der Waals surface area contributed by atoms with Crippen LogP contribution in [0.2, 0.25) is 10.0 Å². The highest BCUT2D eigenvalue weighted by atomic mass is 35.5. The zero-order valence-electron chi connectivity index (χ0n) is 15.8. The van der Waals surface area contributed by atoms with Gasteiger partial charge in [-0.1, -0.05) is 47.1 Å². The molecule has 9 heteroatoms. The maximum absolute atomic E-state index is 14.5. The van der Waals surface area contributed by atoms with Gasteiger partial charge in [0, 0.05) is 16.8 Å². The fourth-order valence-electron chi connectivity index (χ4n) is 2.96. The van der Waals surface area contributed by atoms with Gasteiger partial charge in [0.15, 0.2) is 5.16 Å². The lowest BCUT2D eigenvalue weighted by molar-refractivity contribution is 0.344. The second kappa shape index (κ2) is 9.26. The molecule has 0 spiro atoms. The third kappa shape index (κ3) is 4.69. The van der Waals surface area contributed by atoms with Crippen LogP contribution in [-0.4, -0.2) is 21.9 Å². The van der Waals surface area contributed by atoms with Gasteiger partial charge in [0.25, 0.3) is 5.56 Å². The minimum Gasteiger partial charge on any atom is -0.491 e. The number of ether oxygens (including phenoxy) is 1. The average molecular weight is 479 g/mol. The summed E-state index contributed by atoms with van der Waals surface area (Å²) in [6.07, 6.45) is 0. The van der Waals surface area contributed by atoms with Crippen molar-refractivity contribution in [2.75, 3.05) is 12.4 Å². The third-order valence-electron chi connectivity index (χ3n) is 4.36. The molecule has 4 nitrogen and oxygen atoms in total. The van der Waals surface area contributed by atoms with E-state index in [0.717, 1.165) is 16.7 Å². The molecule has 4 rings (SSSR count). The quantitative estimate of drug-likeness (QED) is 0.189. The predicted molar refractivity (Wildman–Crippen MR) is 120 cm³/mol. The van der Waals surface area contributed by atoms with Gasteiger partial charge < -0.3 is 4.74 Å². The molecule has 1 aromatic heterocycles. The number of halogens is 4. The SMILES string of the molecule is O=c1c2ccccc2nc(SCCOc2ccc(Cl)cc2Cl)n1-c1ccc(F)cc1F. The number of fused-ring (bicyclic) bond motifs is 1. The van der Waals surface area contributed by atoms with E-state index < -0.39 is 17.2 Å². The molecule has 0 aliphatic heterocycles. The van der Waals surface area contributed by atoms with Gasteiger partial charge in [-0.05, 0) is 42.5 Å². The number of aromatic nitrogens is 2. The summed E-state index contributed by atoms with van der Waals surface area (Å²) in [7, 11) is 0. The third-order valence-corrected chi connectivity index (χ3v) is 5.79. The summed E-state index contributed by atoms with van der Waals surface area (Å²) in [5.74, 6) is -0.720. The first kappa shape index (κ1) is 21.6. The summed E-state index contributed by atoms with van der Waals surface area (Å²) in [5.41, 5.74) is -0.0375. The minimum absolute atomic E-state index is 0.0752. The van der Waals surface area contributed by atoms with Crippen LogP contribution >= 0.6 is 35.0 Å². The second-order valence-corrected chi connectivity index (χ2v) is 8.33. The zero-order chi connectivity index (χ0) is 22.0. The number of benzene rings is 3. The predicted octanol–water partition coefficient (Wildman–Crippen LogP) is 6.14. The van der Waals surface area contributed by atoms with Gasteiger partial charge in [0.1, 0.15) is 17.4 Å². The molecule has 0 radical (unpaired) electrons. The maximum atomic E-state index is 14.5. The highest BCUT2D eigenvalue weighted by Gasteiger charge is 2.16. The van der Waals surface area contributed by atoms with Gasteiger partial charge in [-0.25, -0.2) is 13.8 Å². The summed E-state index contributed by atoms with van der Waals surface area (Å²) in [4.78, 5) is 17.6. The van der Waals surface area contributed by atoms with E-state index in [2.05, 4.69) is 4.98 Å². The topological polar surface area (TPSA) is 44.1 Å². The lowest BCUT2D eigenvalue weighted by Crippen LogP contribution is -2.23.